The summed E-state index contributed by atoms with van der Waals surface area (Å²) in [7, 11) is 1.35. The van der Waals surface area contributed by atoms with Crippen LogP contribution in [-0.2, 0) is 11.3 Å². The summed E-state index contributed by atoms with van der Waals surface area (Å²) in [6, 6.07) is 2.87. The van der Waals surface area contributed by atoms with E-state index in [-0.39, 0.29) is 24.7 Å². The van der Waals surface area contributed by atoms with E-state index in [9.17, 15) is 13.2 Å². The number of ether oxygens (including phenoxy) is 3. The van der Waals surface area contributed by atoms with Gasteiger partial charge in [0.2, 0.25) is 0 Å². The fraction of sp³-hybridized carbons (Fsp3) is 0.455. The zero-order chi connectivity index (χ0) is 14.5. The van der Waals surface area contributed by atoms with Crippen LogP contribution in [0.2, 0.25) is 5.02 Å². The zero-order valence-corrected chi connectivity index (χ0v) is 10.7. The maximum absolute atomic E-state index is 11.8. The van der Waals surface area contributed by atoms with E-state index >= 15 is 0 Å². The van der Waals surface area contributed by atoms with Crippen molar-refractivity contribution in [1.29, 1.82) is 0 Å². The van der Waals surface area contributed by atoms with Gasteiger partial charge in [-0.15, -0.1) is 13.2 Å². The largest absolute Gasteiger partial charge is 0.522 e. The van der Waals surface area contributed by atoms with Crippen molar-refractivity contribution in [2.45, 2.75) is 13.0 Å². The third kappa shape index (κ3) is 5.14. The fourth-order valence-electron chi connectivity index (χ4n) is 1.36. The standard InChI is InChI=1S/C11H12ClF3O4/c1-17-9-5-8(12)4-7(6-16)10(9)18-2-3-19-11(13,14)15/h4-5,16H,2-3,6H2,1H3. The quantitative estimate of drug-likeness (QED) is 0.821. The number of rotatable bonds is 6. The number of alkyl halides is 3. The Morgan fingerprint density at radius 2 is 1.95 bits per heavy atom. The molecule has 0 aliphatic rings. The van der Waals surface area contributed by atoms with Gasteiger partial charge in [-0.3, -0.25) is 4.74 Å². The summed E-state index contributed by atoms with van der Waals surface area (Å²) in [6.07, 6.45) is -4.70. The van der Waals surface area contributed by atoms with Crippen molar-refractivity contribution in [2.75, 3.05) is 20.3 Å². The molecule has 0 unspecified atom stereocenters. The van der Waals surface area contributed by atoms with Crippen molar-refractivity contribution in [3.8, 4) is 11.5 Å². The Morgan fingerprint density at radius 3 is 2.47 bits per heavy atom. The lowest BCUT2D eigenvalue weighted by atomic mass is 10.2. The number of benzene rings is 1. The maximum Gasteiger partial charge on any atom is 0.522 e. The van der Waals surface area contributed by atoms with Gasteiger partial charge in [0.1, 0.15) is 6.61 Å². The van der Waals surface area contributed by atoms with Crippen molar-refractivity contribution in [2.24, 2.45) is 0 Å². The summed E-state index contributed by atoms with van der Waals surface area (Å²) in [5, 5.41) is 9.46. The molecule has 8 heteroatoms. The molecule has 0 atom stereocenters. The first-order valence-corrected chi connectivity index (χ1v) is 5.56. The van der Waals surface area contributed by atoms with Gasteiger partial charge in [-0.25, -0.2) is 0 Å². The minimum absolute atomic E-state index is 0.139. The summed E-state index contributed by atoms with van der Waals surface area (Å²) in [6.45, 7) is -1.39. The van der Waals surface area contributed by atoms with Gasteiger partial charge in [0.05, 0.1) is 20.3 Å². The third-order valence-electron chi connectivity index (χ3n) is 2.08. The van der Waals surface area contributed by atoms with E-state index < -0.39 is 13.0 Å². The van der Waals surface area contributed by atoms with Crippen molar-refractivity contribution in [3.63, 3.8) is 0 Å². The highest BCUT2D eigenvalue weighted by atomic mass is 35.5. The van der Waals surface area contributed by atoms with Crippen LogP contribution in [0.25, 0.3) is 0 Å². The minimum Gasteiger partial charge on any atom is -0.493 e. The highest BCUT2D eigenvalue weighted by Crippen LogP contribution is 2.34. The normalized spacial score (nSPS) is 11.5. The fourth-order valence-corrected chi connectivity index (χ4v) is 1.59. The Morgan fingerprint density at radius 1 is 1.26 bits per heavy atom. The molecule has 1 rings (SSSR count). The van der Waals surface area contributed by atoms with Gasteiger partial charge in [0.15, 0.2) is 11.5 Å². The average molecular weight is 301 g/mol. The molecule has 1 N–H and O–H groups in total. The van der Waals surface area contributed by atoms with Crippen LogP contribution in [0.1, 0.15) is 5.56 Å². The molecule has 0 saturated carbocycles. The first-order chi connectivity index (χ1) is 8.87. The number of halogens is 4. The number of methoxy groups -OCH3 is 1. The Kier molecular flexibility index (Phi) is 5.71. The van der Waals surface area contributed by atoms with E-state index in [1.807, 2.05) is 0 Å². The highest BCUT2D eigenvalue weighted by Gasteiger charge is 2.28. The second-order valence-corrected chi connectivity index (χ2v) is 3.83. The number of aliphatic hydroxyl groups excluding tert-OH is 1. The van der Waals surface area contributed by atoms with Crippen LogP contribution in [0.4, 0.5) is 13.2 Å². The van der Waals surface area contributed by atoms with E-state index in [4.69, 9.17) is 26.2 Å². The lowest BCUT2D eigenvalue weighted by Gasteiger charge is -2.15. The van der Waals surface area contributed by atoms with Crippen LogP contribution in [0.5, 0.6) is 11.5 Å². The topological polar surface area (TPSA) is 47.9 Å². The molecular weight excluding hydrogens is 289 g/mol. The van der Waals surface area contributed by atoms with E-state index in [2.05, 4.69) is 4.74 Å². The summed E-state index contributed by atoms with van der Waals surface area (Å²) in [5.41, 5.74) is 0.316. The Balaban J connectivity index is 2.71. The molecule has 108 valence electrons. The van der Waals surface area contributed by atoms with Crippen LogP contribution in [-0.4, -0.2) is 31.8 Å². The predicted molar refractivity (Wildman–Crippen MR) is 61.4 cm³/mol. The number of aliphatic hydroxyl groups is 1. The van der Waals surface area contributed by atoms with E-state index in [0.717, 1.165) is 0 Å². The van der Waals surface area contributed by atoms with Crippen LogP contribution in [0.3, 0.4) is 0 Å². The maximum atomic E-state index is 11.8. The highest BCUT2D eigenvalue weighted by molar-refractivity contribution is 6.30. The van der Waals surface area contributed by atoms with E-state index in [0.29, 0.717) is 10.6 Å². The van der Waals surface area contributed by atoms with Crippen LogP contribution in [0.15, 0.2) is 12.1 Å². The van der Waals surface area contributed by atoms with Crippen molar-refractivity contribution in [1.82, 2.24) is 0 Å². The molecule has 0 fully saturated rings. The van der Waals surface area contributed by atoms with Gasteiger partial charge in [0, 0.05) is 16.7 Å². The first kappa shape index (κ1) is 15.9. The molecule has 0 heterocycles. The monoisotopic (exact) mass is 300 g/mol. The predicted octanol–water partition coefficient (Wildman–Crippen LogP) is 2.76. The van der Waals surface area contributed by atoms with E-state index in [1.165, 1.54) is 19.2 Å². The smallest absolute Gasteiger partial charge is 0.493 e. The van der Waals surface area contributed by atoms with Gasteiger partial charge in [-0.05, 0) is 6.07 Å². The molecular formula is C11H12ClF3O4. The average Bonchev–Trinajstić information content (AvgIpc) is 2.33. The van der Waals surface area contributed by atoms with E-state index in [1.54, 1.807) is 0 Å². The first-order valence-electron chi connectivity index (χ1n) is 5.18. The molecule has 0 aromatic heterocycles. The Labute approximate surface area is 112 Å². The summed E-state index contributed by atoms with van der Waals surface area (Å²) < 4.78 is 49.0. The lowest BCUT2D eigenvalue weighted by molar-refractivity contribution is -0.325. The van der Waals surface area contributed by atoms with Gasteiger partial charge < -0.3 is 14.6 Å². The summed E-state index contributed by atoms with van der Waals surface area (Å²) >= 11 is 5.78. The van der Waals surface area contributed by atoms with Gasteiger partial charge >= 0.3 is 6.36 Å². The van der Waals surface area contributed by atoms with Crippen LogP contribution < -0.4 is 9.47 Å². The van der Waals surface area contributed by atoms with Gasteiger partial charge in [-0.2, -0.15) is 0 Å². The molecule has 0 aliphatic carbocycles. The second kappa shape index (κ2) is 6.83. The van der Waals surface area contributed by atoms with Crippen molar-refractivity contribution in [3.05, 3.63) is 22.7 Å². The van der Waals surface area contributed by atoms with Gasteiger partial charge in [-0.1, -0.05) is 11.6 Å². The second-order valence-electron chi connectivity index (χ2n) is 3.40. The van der Waals surface area contributed by atoms with Crippen LogP contribution >= 0.6 is 11.6 Å². The summed E-state index contributed by atoms with van der Waals surface area (Å²) in [4.78, 5) is 0. The van der Waals surface area contributed by atoms with Crippen LogP contribution in [0, 0.1) is 0 Å². The molecule has 0 radical (unpaired) electrons. The molecule has 0 amide bonds. The molecule has 1 aromatic carbocycles. The third-order valence-corrected chi connectivity index (χ3v) is 2.30. The van der Waals surface area contributed by atoms with Gasteiger partial charge in [0.25, 0.3) is 0 Å². The molecule has 0 saturated heterocycles. The molecule has 0 aliphatic heterocycles. The number of hydrogen-bond donors (Lipinski definition) is 1. The minimum atomic E-state index is -4.70. The Hall–Kier alpha value is -1.18. The molecule has 1 aromatic rings. The van der Waals surface area contributed by atoms with Crippen molar-refractivity contribution >= 4 is 11.6 Å². The SMILES string of the molecule is COc1cc(Cl)cc(CO)c1OCCOC(F)(F)F. The molecule has 0 bridgehead atoms. The Bertz CT molecular complexity index is 398. The molecule has 0 spiro atoms. The molecule has 19 heavy (non-hydrogen) atoms. The summed E-state index contributed by atoms with van der Waals surface area (Å²) in [5.74, 6) is 0.365. The number of hydrogen-bond acceptors (Lipinski definition) is 4. The lowest BCUT2D eigenvalue weighted by Crippen LogP contribution is -2.18. The molecule has 4 nitrogen and oxygen atoms in total. The van der Waals surface area contributed by atoms with Crippen molar-refractivity contribution < 1.29 is 32.5 Å². The zero-order valence-electron chi connectivity index (χ0n) is 9.96.